The normalized spacial score (nSPS) is 11.9. The number of rotatable bonds is 27. The van der Waals surface area contributed by atoms with Crippen molar-refractivity contribution >= 4 is 11.6 Å². The Kier molecular flexibility index (Phi) is 24.2. The van der Waals surface area contributed by atoms with Crippen LogP contribution in [0.4, 0.5) is 0 Å². The number of Topliss-reactive ketones (excluding diaryl/α,β-unsaturated/α-hetero) is 2. The highest BCUT2D eigenvalue weighted by Crippen LogP contribution is 2.28. The fourth-order valence-corrected chi connectivity index (χ4v) is 5.29. The summed E-state index contributed by atoms with van der Waals surface area (Å²) in [6.45, 7) is 11.0. The van der Waals surface area contributed by atoms with Crippen molar-refractivity contribution in [3.8, 4) is 0 Å². The standard InChI is InChI=1S/C34H66O2/c1-6-8-10-12-14-16-18-20-22-24-26-28-32(35)31(30-34(3,4)5)33(36)29-27-25-23-21-19-17-15-13-11-9-7-2/h31H,6-30H2,1-5H3. The summed E-state index contributed by atoms with van der Waals surface area (Å²) in [5.74, 6) is 0.0686. The van der Waals surface area contributed by atoms with E-state index < -0.39 is 0 Å². The number of hydrogen-bond donors (Lipinski definition) is 0. The molecule has 0 aromatic rings. The minimum absolute atomic E-state index is 0.0181. The Bertz CT molecular complexity index is 464. The monoisotopic (exact) mass is 507 g/mol. The van der Waals surface area contributed by atoms with E-state index in [4.69, 9.17) is 0 Å². The van der Waals surface area contributed by atoms with E-state index in [9.17, 15) is 9.59 Å². The van der Waals surface area contributed by atoms with Crippen LogP contribution in [0.3, 0.4) is 0 Å². The zero-order chi connectivity index (χ0) is 26.9. The molecule has 0 amide bonds. The van der Waals surface area contributed by atoms with Gasteiger partial charge < -0.3 is 0 Å². The second-order valence-electron chi connectivity index (χ2n) is 12.8. The molecule has 0 aliphatic rings. The fraction of sp³-hybridized carbons (Fsp3) is 0.941. The smallest absolute Gasteiger partial charge is 0.143 e. The molecule has 0 saturated heterocycles. The lowest BCUT2D eigenvalue weighted by Crippen LogP contribution is -2.28. The first-order valence-electron chi connectivity index (χ1n) is 16.4. The number of ketones is 2. The molecule has 0 N–H and O–H groups in total. The summed E-state index contributed by atoms with van der Waals surface area (Å²) in [5.41, 5.74) is 0.0181. The van der Waals surface area contributed by atoms with Crippen LogP contribution >= 0.6 is 0 Å². The van der Waals surface area contributed by atoms with Crippen molar-refractivity contribution in [1.82, 2.24) is 0 Å². The Labute approximate surface area is 227 Å². The molecule has 0 atom stereocenters. The number of carbonyl (C=O) groups excluding carboxylic acids is 2. The average molecular weight is 507 g/mol. The molecule has 0 spiro atoms. The molecule has 214 valence electrons. The maximum absolute atomic E-state index is 13.0. The lowest BCUT2D eigenvalue weighted by Gasteiger charge is -2.24. The summed E-state index contributed by atoms with van der Waals surface area (Å²) in [5, 5.41) is 0. The SMILES string of the molecule is CCCCCCCCCCCCCC(=O)C(CC(C)(C)C)C(=O)CCCCCCCCCCCCC. The molecule has 0 fully saturated rings. The van der Waals surface area contributed by atoms with Crippen molar-refractivity contribution in [2.45, 2.75) is 195 Å². The second kappa shape index (κ2) is 24.7. The van der Waals surface area contributed by atoms with E-state index in [0.29, 0.717) is 19.3 Å². The highest BCUT2D eigenvalue weighted by molar-refractivity contribution is 6.02. The molecule has 0 aromatic heterocycles. The second-order valence-corrected chi connectivity index (χ2v) is 12.8. The van der Waals surface area contributed by atoms with Gasteiger partial charge in [-0.05, 0) is 24.7 Å². The molecule has 0 radical (unpaired) electrons. The molecule has 0 aliphatic carbocycles. The molecule has 0 bridgehead atoms. The summed E-state index contributed by atoms with van der Waals surface area (Å²) < 4.78 is 0. The quantitative estimate of drug-likeness (QED) is 0.0819. The molecule has 36 heavy (non-hydrogen) atoms. The van der Waals surface area contributed by atoms with Gasteiger partial charge in [0.25, 0.3) is 0 Å². The molecular formula is C34H66O2. The lowest BCUT2D eigenvalue weighted by atomic mass is 9.78. The van der Waals surface area contributed by atoms with Crippen LogP contribution in [-0.4, -0.2) is 11.6 Å². The van der Waals surface area contributed by atoms with E-state index in [1.54, 1.807) is 0 Å². The highest BCUT2D eigenvalue weighted by Gasteiger charge is 2.29. The van der Waals surface area contributed by atoms with Crippen molar-refractivity contribution in [2.75, 3.05) is 0 Å². The first-order valence-corrected chi connectivity index (χ1v) is 16.4. The van der Waals surface area contributed by atoms with Gasteiger partial charge in [0.1, 0.15) is 11.6 Å². The van der Waals surface area contributed by atoms with Gasteiger partial charge in [-0.25, -0.2) is 0 Å². The molecule has 0 heterocycles. The molecule has 0 aliphatic heterocycles. The molecule has 0 aromatic carbocycles. The summed E-state index contributed by atoms with van der Waals surface area (Å²) in [6, 6.07) is 0. The van der Waals surface area contributed by atoms with Gasteiger partial charge >= 0.3 is 0 Å². The predicted octanol–water partition coefficient (Wildman–Crippen LogP) is 11.6. The van der Waals surface area contributed by atoms with Gasteiger partial charge in [-0.15, -0.1) is 0 Å². The van der Waals surface area contributed by atoms with Crippen LogP contribution in [-0.2, 0) is 9.59 Å². The van der Waals surface area contributed by atoms with Crippen molar-refractivity contribution < 1.29 is 9.59 Å². The summed E-state index contributed by atoms with van der Waals surface area (Å²) >= 11 is 0. The zero-order valence-corrected chi connectivity index (χ0v) is 25.6. The van der Waals surface area contributed by atoms with E-state index in [1.165, 1.54) is 116 Å². The number of hydrogen-bond acceptors (Lipinski definition) is 2. The molecular weight excluding hydrogens is 440 g/mol. The Hall–Kier alpha value is -0.660. The van der Waals surface area contributed by atoms with Crippen LogP contribution in [0, 0.1) is 11.3 Å². The summed E-state index contributed by atoms with van der Waals surface area (Å²) in [7, 11) is 0. The summed E-state index contributed by atoms with van der Waals surface area (Å²) in [6.07, 6.45) is 30.3. The van der Waals surface area contributed by atoms with Crippen molar-refractivity contribution in [3.05, 3.63) is 0 Å². The third-order valence-corrected chi connectivity index (χ3v) is 7.65. The van der Waals surface area contributed by atoms with Gasteiger partial charge in [-0.2, -0.15) is 0 Å². The average Bonchev–Trinajstić information content (AvgIpc) is 2.83. The zero-order valence-electron chi connectivity index (χ0n) is 25.6. The van der Waals surface area contributed by atoms with Crippen LogP contribution < -0.4 is 0 Å². The van der Waals surface area contributed by atoms with Gasteiger partial charge in [0.2, 0.25) is 0 Å². The van der Waals surface area contributed by atoms with Gasteiger partial charge in [0.05, 0.1) is 5.92 Å². The van der Waals surface area contributed by atoms with Crippen LogP contribution in [0.25, 0.3) is 0 Å². The van der Waals surface area contributed by atoms with Crippen LogP contribution in [0.1, 0.15) is 195 Å². The minimum atomic E-state index is -0.365. The van der Waals surface area contributed by atoms with Crippen LogP contribution in [0.5, 0.6) is 0 Å². The molecule has 0 unspecified atom stereocenters. The van der Waals surface area contributed by atoms with E-state index >= 15 is 0 Å². The van der Waals surface area contributed by atoms with Gasteiger partial charge in [-0.1, -0.05) is 163 Å². The van der Waals surface area contributed by atoms with Gasteiger partial charge in [0.15, 0.2) is 0 Å². The number of unbranched alkanes of at least 4 members (excludes halogenated alkanes) is 20. The van der Waals surface area contributed by atoms with Crippen LogP contribution in [0.2, 0.25) is 0 Å². The maximum atomic E-state index is 13.0. The largest absolute Gasteiger partial charge is 0.299 e. The van der Waals surface area contributed by atoms with Gasteiger partial charge in [0, 0.05) is 12.8 Å². The Morgan fingerprint density at radius 1 is 0.444 bits per heavy atom. The third-order valence-electron chi connectivity index (χ3n) is 7.65. The lowest BCUT2D eigenvalue weighted by molar-refractivity contribution is -0.134. The third kappa shape index (κ3) is 23.7. The van der Waals surface area contributed by atoms with E-state index in [-0.39, 0.29) is 22.9 Å². The Morgan fingerprint density at radius 2 is 0.694 bits per heavy atom. The highest BCUT2D eigenvalue weighted by atomic mass is 16.1. The Balaban J connectivity index is 4.02. The van der Waals surface area contributed by atoms with Gasteiger partial charge in [-0.3, -0.25) is 9.59 Å². The maximum Gasteiger partial charge on any atom is 0.143 e. The Morgan fingerprint density at radius 3 is 0.944 bits per heavy atom. The van der Waals surface area contributed by atoms with Crippen molar-refractivity contribution in [2.24, 2.45) is 11.3 Å². The molecule has 0 saturated carbocycles. The van der Waals surface area contributed by atoms with Crippen molar-refractivity contribution in [1.29, 1.82) is 0 Å². The van der Waals surface area contributed by atoms with E-state index in [1.807, 2.05) is 0 Å². The van der Waals surface area contributed by atoms with E-state index in [0.717, 1.165) is 25.7 Å². The summed E-state index contributed by atoms with van der Waals surface area (Å²) in [4.78, 5) is 26.0. The minimum Gasteiger partial charge on any atom is -0.299 e. The predicted molar refractivity (Wildman–Crippen MR) is 160 cm³/mol. The van der Waals surface area contributed by atoms with Crippen molar-refractivity contribution in [3.63, 3.8) is 0 Å². The molecule has 2 nitrogen and oxygen atoms in total. The number of carbonyl (C=O) groups is 2. The first kappa shape index (κ1) is 35.3. The van der Waals surface area contributed by atoms with Crippen LogP contribution in [0.15, 0.2) is 0 Å². The topological polar surface area (TPSA) is 34.1 Å². The fourth-order valence-electron chi connectivity index (χ4n) is 5.29. The molecule has 0 rings (SSSR count). The van der Waals surface area contributed by atoms with E-state index in [2.05, 4.69) is 34.6 Å². The first-order chi connectivity index (χ1) is 17.3. The molecule has 2 heteroatoms.